The Hall–Kier alpha value is -1.84. The molecule has 1 aromatic rings. The number of amides is 2. The molecule has 0 aliphatic heterocycles. The summed E-state index contributed by atoms with van der Waals surface area (Å²) in [5, 5.41) is 5.77. The summed E-state index contributed by atoms with van der Waals surface area (Å²) in [6.45, 7) is 3.57. The molecule has 2 rings (SSSR count). The first-order valence-electron chi connectivity index (χ1n) is 7.25. The molecule has 0 radical (unpaired) electrons. The van der Waals surface area contributed by atoms with Crippen LogP contribution in [-0.4, -0.2) is 17.9 Å². The average molecular weight is 274 g/mol. The van der Waals surface area contributed by atoms with Gasteiger partial charge in [-0.15, -0.1) is 0 Å². The van der Waals surface area contributed by atoms with E-state index in [-0.39, 0.29) is 17.9 Å². The monoisotopic (exact) mass is 274 g/mol. The molecule has 0 heterocycles. The second-order valence-corrected chi connectivity index (χ2v) is 5.57. The minimum Gasteiger partial charge on any atom is -0.335 e. The van der Waals surface area contributed by atoms with Gasteiger partial charge in [0.05, 0.1) is 0 Å². The summed E-state index contributed by atoms with van der Waals surface area (Å²) in [6.07, 6.45) is 4.92. The van der Waals surface area contributed by atoms with Gasteiger partial charge in [-0.25, -0.2) is 4.79 Å². The molecule has 4 heteroatoms. The fraction of sp³-hybridized carbons (Fsp3) is 0.500. The Balaban J connectivity index is 1.90. The summed E-state index contributed by atoms with van der Waals surface area (Å²) in [5.41, 5.74) is 1.25. The van der Waals surface area contributed by atoms with E-state index in [1.807, 2.05) is 0 Å². The van der Waals surface area contributed by atoms with E-state index in [2.05, 4.69) is 17.6 Å². The van der Waals surface area contributed by atoms with Crippen LogP contribution in [0.5, 0.6) is 0 Å². The van der Waals surface area contributed by atoms with E-state index < -0.39 is 0 Å². The van der Waals surface area contributed by atoms with Gasteiger partial charge in [-0.2, -0.15) is 0 Å². The number of hydrogen-bond acceptors (Lipinski definition) is 2. The van der Waals surface area contributed by atoms with Gasteiger partial charge in [0.25, 0.3) is 0 Å². The van der Waals surface area contributed by atoms with Gasteiger partial charge in [0.1, 0.15) is 0 Å². The van der Waals surface area contributed by atoms with Crippen molar-refractivity contribution in [3.05, 3.63) is 29.8 Å². The molecule has 1 atom stereocenters. The maximum absolute atomic E-state index is 12.0. The minimum absolute atomic E-state index is 0.00613. The summed E-state index contributed by atoms with van der Waals surface area (Å²) in [4.78, 5) is 23.3. The normalized spacial score (nSPS) is 16.7. The van der Waals surface area contributed by atoms with Crippen molar-refractivity contribution in [2.75, 3.05) is 5.32 Å². The van der Waals surface area contributed by atoms with Crippen molar-refractivity contribution in [1.29, 1.82) is 0 Å². The predicted octanol–water partition coefficient (Wildman–Crippen LogP) is 3.59. The fourth-order valence-corrected chi connectivity index (χ4v) is 2.77. The first kappa shape index (κ1) is 14.6. The Kier molecular flexibility index (Phi) is 4.77. The Morgan fingerprint density at radius 2 is 1.95 bits per heavy atom. The molecule has 0 aromatic heterocycles. The van der Waals surface area contributed by atoms with Crippen molar-refractivity contribution < 1.29 is 9.59 Å². The van der Waals surface area contributed by atoms with E-state index in [0.717, 1.165) is 0 Å². The zero-order chi connectivity index (χ0) is 14.5. The van der Waals surface area contributed by atoms with Crippen LogP contribution in [0.2, 0.25) is 0 Å². The van der Waals surface area contributed by atoms with Gasteiger partial charge < -0.3 is 10.6 Å². The van der Waals surface area contributed by atoms with Crippen LogP contribution < -0.4 is 10.6 Å². The SMILES string of the molecule is CC(=O)c1cccc(NC(=O)NC(C)C2CCCC2)c1. The summed E-state index contributed by atoms with van der Waals surface area (Å²) < 4.78 is 0. The largest absolute Gasteiger partial charge is 0.335 e. The quantitative estimate of drug-likeness (QED) is 0.824. The molecule has 1 unspecified atom stereocenters. The molecular formula is C16H22N2O2. The molecule has 1 aliphatic rings. The standard InChI is InChI=1S/C16H22N2O2/c1-11(13-6-3-4-7-13)17-16(20)18-15-9-5-8-14(10-15)12(2)19/h5,8-11,13H,3-4,6-7H2,1-2H3,(H2,17,18,20). The van der Waals surface area contributed by atoms with E-state index >= 15 is 0 Å². The van der Waals surface area contributed by atoms with E-state index in [0.29, 0.717) is 17.2 Å². The molecule has 0 saturated heterocycles. The Bertz CT molecular complexity index is 493. The van der Waals surface area contributed by atoms with Crippen LogP contribution in [0.4, 0.5) is 10.5 Å². The number of anilines is 1. The number of Topliss-reactive ketones (excluding diaryl/α,β-unsaturated/α-hetero) is 1. The topological polar surface area (TPSA) is 58.2 Å². The molecule has 108 valence electrons. The predicted molar refractivity (Wildman–Crippen MR) is 80.0 cm³/mol. The van der Waals surface area contributed by atoms with Crippen LogP contribution in [0.15, 0.2) is 24.3 Å². The highest BCUT2D eigenvalue weighted by atomic mass is 16.2. The van der Waals surface area contributed by atoms with Crippen LogP contribution in [0.3, 0.4) is 0 Å². The third-order valence-corrected chi connectivity index (χ3v) is 3.99. The average Bonchev–Trinajstić information content (AvgIpc) is 2.92. The van der Waals surface area contributed by atoms with Gasteiger partial charge in [0, 0.05) is 17.3 Å². The second-order valence-electron chi connectivity index (χ2n) is 5.57. The number of carbonyl (C=O) groups is 2. The minimum atomic E-state index is -0.204. The van der Waals surface area contributed by atoms with Crippen molar-refractivity contribution in [3.63, 3.8) is 0 Å². The highest BCUT2D eigenvalue weighted by Gasteiger charge is 2.22. The lowest BCUT2D eigenvalue weighted by molar-refractivity contribution is 0.101. The van der Waals surface area contributed by atoms with Crippen molar-refractivity contribution >= 4 is 17.5 Å². The van der Waals surface area contributed by atoms with Crippen LogP contribution >= 0.6 is 0 Å². The summed E-state index contributed by atoms with van der Waals surface area (Å²) >= 11 is 0. The number of ketones is 1. The Morgan fingerprint density at radius 3 is 2.60 bits per heavy atom. The summed E-state index contributed by atoms with van der Waals surface area (Å²) in [7, 11) is 0. The molecule has 1 aromatic carbocycles. The van der Waals surface area contributed by atoms with Crippen LogP contribution in [0, 0.1) is 5.92 Å². The van der Waals surface area contributed by atoms with E-state index in [4.69, 9.17) is 0 Å². The molecule has 1 fully saturated rings. The number of benzene rings is 1. The molecule has 4 nitrogen and oxygen atoms in total. The van der Waals surface area contributed by atoms with Crippen molar-refractivity contribution in [2.24, 2.45) is 5.92 Å². The van der Waals surface area contributed by atoms with Crippen molar-refractivity contribution in [3.8, 4) is 0 Å². The maximum atomic E-state index is 12.0. The zero-order valence-electron chi connectivity index (χ0n) is 12.1. The van der Waals surface area contributed by atoms with Gasteiger partial charge in [-0.3, -0.25) is 4.79 Å². The molecule has 1 saturated carbocycles. The van der Waals surface area contributed by atoms with E-state index in [9.17, 15) is 9.59 Å². The molecular weight excluding hydrogens is 252 g/mol. The van der Waals surface area contributed by atoms with Gasteiger partial charge in [-0.05, 0) is 44.7 Å². The molecule has 1 aliphatic carbocycles. The third-order valence-electron chi connectivity index (χ3n) is 3.99. The van der Waals surface area contributed by atoms with E-state index in [1.165, 1.54) is 32.6 Å². The number of nitrogens with one attached hydrogen (secondary N) is 2. The number of urea groups is 1. The van der Waals surface area contributed by atoms with Gasteiger partial charge in [-0.1, -0.05) is 25.0 Å². The smallest absolute Gasteiger partial charge is 0.319 e. The number of rotatable bonds is 4. The van der Waals surface area contributed by atoms with Gasteiger partial charge in [0.2, 0.25) is 0 Å². The number of carbonyl (C=O) groups excluding carboxylic acids is 2. The van der Waals surface area contributed by atoms with Crippen molar-refractivity contribution in [2.45, 2.75) is 45.6 Å². The lowest BCUT2D eigenvalue weighted by Crippen LogP contribution is -2.39. The van der Waals surface area contributed by atoms with Gasteiger partial charge >= 0.3 is 6.03 Å². The molecule has 20 heavy (non-hydrogen) atoms. The molecule has 2 N–H and O–H groups in total. The third kappa shape index (κ3) is 3.83. The highest BCUT2D eigenvalue weighted by molar-refractivity contribution is 5.96. The first-order valence-corrected chi connectivity index (χ1v) is 7.25. The Labute approximate surface area is 119 Å². The van der Waals surface area contributed by atoms with Crippen LogP contribution in [-0.2, 0) is 0 Å². The van der Waals surface area contributed by atoms with Crippen molar-refractivity contribution in [1.82, 2.24) is 5.32 Å². The molecule has 0 spiro atoms. The van der Waals surface area contributed by atoms with Gasteiger partial charge in [0.15, 0.2) is 5.78 Å². The Morgan fingerprint density at radius 1 is 1.25 bits per heavy atom. The fourth-order valence-electron chi connectivity index (χ4n) is 2.77. The second kappa shape index (κ2) is 6.55. The lowest BCUT2D eigenvalue weighted by atomic mass is 10.0. The lowest BCUT2D eigenvalue weighted by Gasteiger charge is -2.20. The summed E-state index contributed by atoms with van der Waals surface area (Å²) in [5.74, 6) is 0.581. The maximum Gasteiger partial charge on any atom is 0.319 e. The summed E-state index contributed by atoms with van der Waals surface area (Å²) in [6, 6.07) is 6.98. The highest BCUT2D eigenvalue weighted by Crippen LogP contribution is 2.27. The first-order chi connectivity index (χ1) is 9.56. The van der Waals surface area contributed by atoms with Crippen LogP contribution in [0.25, 0.3) is 0 Å². The van der Waals surface area contributed by atoms with Crippen LogP contribution in [0.1, 0.15) is 49.9 Å². The molecule has 2 amide bonds. The number of hydrogen-bond donors (Lipinski definition) is 2. The van der Waals surface area contributed by atoms with E-state index in [1.54, 1.807) is 24.3 Å². The zero-order valence-corrected chi connectivity index (χ0v) is 12.1. The molecule has 0 bridgehead atoms.